The molecule has 0 radical (unpaired) electrons. The molecule has 0 fully saturated rings. The molecule has 1 heterocycles. The lowest BCUT2D eigenvalue weighted by Crippen LogP contribution is -2.31. The number of carboxylic acids is 1. The molecule has 0 saturated heterocycles. The molecule has 0 unspecified atom stereocenters. The van der Waals surface area contributed by atoms with Crippen LogP contribution in [0.25, 0.3) is 0 Å². The average molecular weight is 261 g/mol. The molecule has 102 valence electrons. The summed E-state index contributed by atoms with van der Waals surface area (Å²) >= 11 is 0. The standard InChI is InChI=1S/C15H19NO3/c1-2-7-16(11-15(17)18)8-5-12-3-4-14-13(10-12)6-9-19-14/h2-4,10H,1,5-9,11H2,(H,17,18). The molecule has 0 spiro atoms. The Morgan fingerprint density at radius 1 is 1.53 bits per heavy atom. The van der Waals surface area contributed by atoms with E-state index in [0.717, 1.165) is 31.7 Å². The van der Waals surface area contributed by atoms with Gasteiger partial charge in [0.25, 0.3) is 0 Å². The molecular weight excluding hydrogens is 242 g/mol. The first kappa shape index (κ1) is 13.6. The molecular formula is C15H19NO3. The smallest absolute Gasteiger partial charge is 0.317 e. The average Bonchev–Trinajstić information content (AvgIpc) is 2.83. The first-order chi connectivity index (χ1) is 9.19. The Balaban J connectivity index is 1.92. The number of benzene rings is 1. The third kappa shape index (κ3) is 3.83. The van der Waals surface area contributed by atoms with Crippen LogP contribution < -0.4 is 4.74 Å². The summed E-state index contributed by atoms with van der Waals surface area (Å²) in [5.74, 6) is 0.182. The summed E-state index contributed by atoms with van der Waals surface area (Å²) in [4.78, 5) is 12.6. The topological polar surface area (TPSA) is 49.8 Å². The lowest BCUT2D eigenvalue weighted by Gasteiger charge is -2.18. The van der Waals surface area contributed by atoms with E-state index in [0.29, 0.717) is 6.54 Å². The Labute approximate surface area is 113 Å². The van der Waals surface area contributed by atoms with Crippen molar-refractivity contribution in [1.82, 2.24) is 4.90 Å². The van der Waals surface area contributed by atoms with Crippen LogP contribution in [0.4, 0.5) is 0 Å². The number of rotatable bonds is 7. The Bertz CT molecular complexity index is 470. The van der Waals surface area contributed by atoms with Gasteiger partial charge in [-0.25, -0.2) is 0 Å². The molecule has 0 atom stereocenters. The molecule has 1 aromatic carbocycles. The number of carbonyl (C=O) groups is 1. The minimum absolute atomic E-state index is 0.0556. The quantitative estimate of drug-likeness (QED) is 0.760. The van der Waals surface area contributed by atoms with Crippen LogP contribution >= 0.6 is 0 Å². The number of carboxylic acid groups (broad SMARTS) is 1. The van der Waals surface area contributed by atoms with E-state index < -0.39 is 5.97 Å². The molecule has 4 heteroatoms. The van der Waals surface area contributed by atoms with E-state index in [-0.39, 0.29) is 6.54 Å². The van der Waals surface area contributed by atoms with Crippen LogP contribution in [0, 0.1) is 0 Å². The van der Waals surface area contributed by atoms with Crippen LogP contribution in [0.2, 0.25) is 0 Å². The Hall–Kier alpha value is -1.81. The van der Waals surface area contributed by atoms with Crippen molar-refractivity contribution in [2.75, 3.05) is 26.2 Å². The molecule has 1 aliphatic rings. The molecule has 0 amide bonds. The Morgan fingerprint density at radius 2 is 2.37 bits per heavy atom. The van der Waals surface area contributed by atoms with E-state index in [9.17, 15) is 4.79 Å². The third-order valence-corrected chi connectivity index (χ3v) is 3.22. The van der Waals surface area contributed by atoms with Crippen LogP contribution in [0.5, 0.6) is 5.75 Å². The van der Waals surface area contributed by atoms with Gasteiger partial charge in [-0.15, -0.1) is 6.58 Å². The van der Waals surface area contributed by atoms with Gasteiger partial charge in [-0.3, -0.25) is 9.69 Å². The molecule has 0 bridgehead atoms. The van der Waals surface area contributed by atoms with Gasteiger partial charge in [-0.05, 0) is 23.6 Å². The van der Waals surface area contributed by atoms with E-state index in [1.807, 2.05) is 11.0 Å². The number of hydrogen-bond donors (Lipinski definition) is 1. The summed E-state index contributed by atoms with van der Waals surface area (Å²) in [6.07, 6.45) is 3.54. The van der Waals surface area contributed by atoms with Gasteiger partial charge in [0.1, 0.15) is 5.75 Å². The Morgan fingerprint density at radius 3 is 3.11 bits per heavy atom. The summed E-state index contributed by atoms with van der Waals surface area (Å²) in [6.45, 7) is 5.80. The second-order valence-electron chi connectivity index (χ2n) is 4.71. The van der Waals surface area contributed by atoms with Gasteiger partial charge < -0.3 is 9.84 Å². The highest BCUT2D eigenvalue weighted by molar-refractivity contribution is 5.69. The lowest BCUT2D eigenvalue weighted by atomic mass is 10.1. The first-order valence-electron chi connectivity index (χ1n) is 6.48. The van der Waals surface area contributed by atoms with Gasteiger partial charge >= 0.3 is 5.97 Å². The highest BCUT2D eigenvalue weighted by atomic mass is 16.5. The van der Waals surface area contributed by atoms with E-state index in [4.69, 9.17) is 9.84 Å². The van der Waals surface area contributed by atoms with Crippen molar-refractivity contribution >= 4 is 5.97 Å². The molecule has 2 rings (SSSR count). The Kier molecular flexibility index (Phi) is 4.58. The number of hydrogen-bond acceptors (Lipinski definition) is 3. The minimum Gasteiger partial charge on any atom is -0.493 e. The summed E-state index contributed by atoms with van der Waals surface area (Å²) in [6, 6.07) is 6.22. The van der Waals surface area contributed by atoms with Crippen molar-refractivity contribution < 1.29 is 14.6 Å². The molecule has 1 N–H and O–H groups in total. The van der Waals surface area contributed by atoms with Crippen molar-refractivity contribution in [3.05, 3.63) is 42.0 Å². The van der Waals surface area contributed by atoms with Crippen molar-refractivity contribution in [3.63, 3.8) is 0 Å². The normalized spacial score (nSPS) is 13.1. The SMILES string of the molecule is C=CCN(CCc1ccc2c(c1)CCO2)CC(=O)O. The summed E-state index contributed by atoms with van der Waals surface area (Å²) < 4.78 is 5.47. The van der Waals surface area contributed by atoms with Crippen molar-refractivity contribution in [3.8, 4) is 5.75 Å². The zero-order chi connectivity index (χ0) is 13.7. The highest BCUT2D eigenvalue weighted by Gasteiger charge is 2.13. The van der Waals surface area contributed by atoms with Crippen molar-refractivity contribution in [2.45, 2.75) is 12.8 Å². The van der Waals surface area contributed by atoms with Crippen molar-refractivity contribution in [1.29, 1.82) is 0 Å². The zero-order valence-corrected chi connectivity index (χ0v) is 11.0. The van der Waals surface area contributed by atoms with Gasteiger partial charge in [-0.1, -0.05) is 18.2 Å². The van der Waals surface area contributed by atoms with Crippen LogP contribution in [0.15, 0.2) is 30.9 Å². The second kappa shape index (κ2) is 6.38. The fourth-order valence-corrected chi connectivity index (χ4v) is 2.29. The van der Waals surface area contributed by atoms with Crippen molar-refractivity contribution in [2.24, 2.45) is 0 Å². The molecule has 19 heavy (non-hydrogen) atoms. The monoisotopic (exact) mass is 261 g/mol. The van der Waals surface area contributed by atoms with Gasteiger partial charge in [-0.2, -0.15) is 0 Å². The van der Waals surface area contributed by atoms with Crippen LogP contribution in [-0.4, -0.2) is 42.2 Å². The predicted molar refractivity (Wildman–Crippen MR) is 73.6 cm³/mol. The van der Waals surface area contributed by atoms with Crippen LogP contribution in [0.3, 0.4) is 0 Å². The molecule has 1 aromatic rings. The molecule has 0 aliphatic carbocycles. The largest absolute Gasteiger partial charge is 0.493 e. The lowest BCUT2D eigenvalue weighted by molar-refractivity contribution is -0.138. The van der Waals surface area contributed by atoms with Crippen LogP contribution in [0.1, 0.15) is 11.1 Å². The number of aliphatic carboxylic acids is 1. The van der Waals surface area contributed by atoms with Gasteiger partial charge in [0, 0.05) is 19.5 Å². The maximum absolute atomic E-state index is 10.8. The van der Waals surface area contributed by atoms with E-state index in [1.54, 1.807) is 6.08 Å². The van der Waals surface area contributed by atoms with E-state index in [2.05, 4.69) is 18.7 Å². The number of fused-ring (bicyclic) bond motifs is 1. The third-order valence-electron chi connectivity index (χ3n) is 3.22. The van der Waals surface area contributed by atoms with E-state index >= 15 is 0 Å². The number of ether oxygens (including phenoxy) is 1. The molecule has 4 nitrogen and oxygen atoms in total. The second-order valence-corrected chi connectivity index (χ2v) is 4.71. The summed E-state index contributed by atoms with van der Waals surface area (Å²) in [5, 5.41) is 8.84. The minimum atomic E-state index is -0.802. The van der Waals surface area contributed by atoms with Gasteiger partial charge in [0.15, 0.2) is 0 Å². The van der Waals surface area contributed by atoms with Crippen LogP contribution in [-0.2, 0) is 17.6 Å². The first-order valence-corrected chi connectivity index (χ1v) is 6.48. The molecule has 0 saturated carbocycles. The number of nitrogens with zero attached hydrogens (tertiary/aromatic N) is 1. The maximum Gasteiger partial charge on any atom is 0.317 e. The molecule has 1 aliphatic heterocycles. The predicted octanol–water partition coefficient (Wildman–Crippen LogP) is 1.74. The van der Waals surface area contributed by atoms with Gasteiger partial charge in [0.2, 0.25) is 0 Å². The highest BCUT2D eigenvalue weighted by Crippen LogP contribution is 2.25. The van der Waals surface area contributed by atoms with Gasteiger partial charge in [0.05, 0.1) is 13.2 Å². The summed E-state index contributed by atoms with van der Waals surface area (Å²) in [7, 11) is 0. The maximum atomic E-state index is 10.8. The fraction of sp³-hybridized carbons (Fsp3) is 0.400. The fourth-order valence-electron chi connectivity index (χ4n) is 2.29. The summed E-state index contributed by atoms with van der Waals surface area (Å²) in [5.41, 5.74) is 2.48. The molecule has 0 aromatic heterocycles. The zero-order valence-electron chi connectivity index (χ0n) is 11.0. The van der Waals surface area contributed by atoms with E-state index in [1.165, 1.54) is 11.1 Å².